The van der Waals surface area contributed by atoms with Crippen LogP contribution in [0, 0.1) is 22.5 Å². The average molecular weight is 234 g/mol. The maximum Gasteiger partial charge on any atom is 0.311 e. The van der Waals surface area contributed by atoms with Gasteiger partial charge in [0.1, 0.15) is 0 Å². The normalized spacial score (nSPS) is 9.41. The Balaban J connectivity index is 3.16. The number of carbonyl (C=O) groups excluding carboxylic acids is 1. The van der Waals surface area contributed by atoms with Gasteiger partial charge in [-0.3, -0.25) is 14.9 Å². The summed E-state index contributed by atoms with van der Waals surface area (Å²) in [5, 5.41) is 20.2. The first-order valence-corrected chi connectivity index (χ1v) is 4.64. The van der Waals surface area contributed by atoms with Gasteiger partial charge in [0.15, 0.2) is 0 Å². The second-order valence-corrected chi connectivity index (χ2v) is 3.30. The molecule has 0 aliphatic heterocycles. The molecule has 1 amide bonds. The summed E-state index contributed by atoms with van der Waals surface area (Å²) < 4.78 is 0. The molecule has 0 unspecified atom stereocenters. The van der Waals surface area contributed by atoms with Crippen LogP contribution in [0.4, 0.5) is 5.69 Å². The maximum absolute atomic E-state index is 11.8. The molecule has 17 heavy (non-hydrogen) atoms. The van der Waals surface area contributed by atoms with Crippen molar-refractivity contribution in [1.82, 2.24) is 4.90 Å². The van der Waals surface area contributed by atoms with E-state index in [2.05, 4.69) is 5.92 Å². The van der Waals surface area contributed by atoms with E-state index in [4.69, 9.17) is 6.42 Å². The number of rotatable bonds is 3. The molecule has 0 heterocycles. The van der Waals surface area contributed by atoms with Crippen LogP contribution in [0.25, 0.3) is 0 Å². The highest BCUT2D eigenvalue weighted by atomic mass is 16.6. The number of terminal acetylenes is 1. The van der Waals surface area contributed by atoms with Crippen LogP contribution in [0.2, 0.25) is 0 Å². The van der Waals surface area contributed by atoms with E-state index < -0.39 is 22.3 Å². The lowest BCUT2D eigenvalue weighted by Gasteiger charge is -2.14. The van der Waals surface area contributed by atoms with Crippen LogP contribution in [0.1, 0.15) is 10.4 Å². The number of hydrogen-bond donors (Lipinski definition) is 1. The molecule has 0 spiro atoms. The Morgan fingerprint density at radius 2 is 2.29 bits per heavy atom. The van der Waals surface area contributed by atoms with Gasteiger partial charge in [0.2, 0.25) is 5.75 Å². The summed E-state index contributed by atoms with van der Waals surface area (Å²) in [5.41, 5.74) is -0.651. The van der Waals surface area contributed by atoms with Gasteiger partial charge in [-0.2, -0.15) is 0 Å². The van der Waals surface area contributed by atoms with E-state index in [1.54, 1.807) is 0 Å². The van der Waals surface area contributed by atoms with Crippen LogP contribution in [0.3, 0.4) is 0 Å². The van der Waals surface area contributed by atoms with Gasteiger partial charge >= 0.3 is 5.69 Å². The van der Waals surface area contributed by atoms with Crippen LogP contribution >= 0.6 is 0 Å². The van der Waals surface area contributed by atoms with Crippen LogP contribution < -0.4 is 0 Å². The molecule has 0 aliphatic carbocycles. The molecule has 0 atom stereocenters. The second kappa shape index (κ2) is 4.99. The Kier molecular flexibility index (Phi) is 3.67. The van der Waals surface area contributed by atoms with E-state index in [1.165, 1.54) is 24.1 Å². The highest BCUT2D eigenvalue weighted by Crippen LogP contribution is 2.29. The molecule has 0 fully saturated rings. The molecule has 0 saturated carbocycles. The van der Waals surface area contributed by atoms with Crippen molar-refractivity contribution in [2.75, 3.05) is 13.6 Å². The molecule has 0 radical (unpaired) electrons. The van der Waals surface area contributed by atoms with Crippen molar-refractivity contribution < 1.29 is 14.8 Å². The van der Waals surface area contributed by atoms with Crippen molar-refractivity contribution in [3.05, 3.63) is 33.9 Å². The molecule has 6 heteroatoms. The Morgan fingerprint density at radius 3 is 2.82 bits per heavy atom. The minimum Gasteiger partial charge on any atom is -0.502 e. The summed E-state index contributed by atoms with van der Waals surface area (Å²) in [6.07, 6.45) is 5.05. The fraction of sp³-hybridized carbons (Fsp3) is 0.182. The zero-order chi connectivity index (χ0) is 13.0. The quantitative estimate of drug-likeness (QED) is 0.480. The molecule has 0 aliphatic rings. The van der Waals surface area contributed by atoms with Gasteiger partial charge in [-0.15, -0.1) is 6.42 Å². The molecule has 1 rings (SSSR count). The molecule has 1 aromatic carbocycles. The first-order valence-electron chi connectivity index (χ1n) is 4.64. The third-order valence-corrected chi connectivity index (χ3v) is 2.12. The van der Waals surface area contributed by atoms with Crippen LogP contribution in [0.5, 0.6) is 5.75 Å². The molecular weight excluding hydrogens is 224 g/mol. The van der Waals surface area contributed by atoms with Crippen LogP contribution in [-0.4, -0.2) is 34.4 Å². The smallest absolute Gasteiger partial charge is 0.311 e. The number of nitro groups is 1. The molecule has 0 bridgehead atoms. The lowest BCUT2D eigenvalue weighted by molar-refractivity contribution is -0.385. The SMILES string of the molecule is C#CCN(C)C(=O)c1cccc([N+](=O)[O-])c1O. The number of para-hydroxylation sites is 1. The number of amides is 1. The number of phenolic OH excluding ortho intramolecular Hbond substituents is 1. The van der Waals surface area contributed by atoms with Crippen molar-refractivity contribution in [3.63, 3.8) is 0 Å². The first kappa shape index (κ1) is 12.5. The summed E-state index contributed by atoms with van der Waals surface area (Å²) in [5.74, 6) is 1.05. The summed E-state index contributed by atoms with van der Waals surface area (Å²) in [7, 11) is 1.44. The van der Waals surface area contributed by atoms with Gasteiger partial charge in [0, 0.05) is 13.1 Å². The largest absolute Gasteiger partial charge is 0.502 e. The van der Waals surface area contributed by atoms with E-state index in [0.717, 1.165) is 6.07 Å². The van der Waals surface area contributed by atoms with Gasteiger partial charge in [0.05, 0.1) is 17.0 Å². The number of phenols is 1. The fourth-order valence-corrected chi connectivity index (χ4v) is 1.27. The number of nitrogens with zero attached hydrogens (tertiary/aromatic N) is 2. The Bertz CT molecular complexity index is 505. The van der Waals surface area contributed by atoms with E-state index in [1.807, 2.05) is 0 Å². The third kappa shape index (κ3) is 2.52. The Morgan fingerprint density at radius 1 is 1.65 bits per heavy atom. The Labute approximate surface area is 97.6 Å². The molecule has 0 saturated heterocycles. The van der Waals surface area contributed by atoms with Crippen molar-refractivity contribution in [1.29, 1.82) is 0 Å². The van der Waals surface area contributed by atoms with E-state index in [9.17, 15) is 20.0 Å². The minimum atomic E-state index is -0.757. The number of benzene rings is 1. The Hall–Kier alpha value is -2.55. The number of nitro benzene ring substituents is 1. The summed E-state index contributed by atoms with van der Waals surface area (Å²) in [6.45, 7) is 0.0565. The zero-order valence-corrected chi connectivity index (χ0v) is 9.08. The maximum atomic E-state index is 11.8. The van der Waals surface area contributed by atoms with E-state index in [-0.39, 0.29) is 12.1 Å². The molecule has 88 valence electrons. The molecule has 1 N–H and O–H groups in total. The number of hydrogen-bond acceptors (Lipinski definition) is 4. The van der Waals surface area contributed by atoms with Crippen molar-refractivity contribution >= 4 is 11.6 Å². The monoisotopic (exact) mass is 234 g/mol. The standard InChI is InChI=1S/C11H10N2O4/c1-3-7-12(2)11(15)8-5-4-6-9(10(8)14)13(16)17/h1,4-6,14H,7H2,2H3. The van der Waals surface area contributed by atoms with Crippen LogP contribution in [0.15, 0.2) is 18.2 Å². The minimum absolute atomic E-state index is 0.0565. The van der Waals surface area contributed by atoms with E-state index in [0.29, 0.717) is 0 Å². The highest BCUT2D eigenvalue weighted by molar-refractivity contribution is 5.98. The molecule has 6 nitrogen and oxygen atoms in total. The van der Waals surface area contributed by atoms with E-state index >= 15 is 0 Å². The third-order valence-electron chi connectivity index (χ3n) is 2.12. The van der Waals surface area contributed by atoms with Gasteiger partial charge in [-0.05, 0) is 6.07 Å². The fourth-order valence-electron chi connectivity index (χ4n) is 1.27. The molecule has 1 aromatic rings. The van der Waals surface area contributed by atoms with Gasteiger partial charge in [-0.25, -0.2) is 0 Å². The first-order chi connectivity index (χ1) is 7.99. The molecule has 0 aromatic heterocycles. The van der Waals surface area contributed by atoms with Crippen LogP contribution in [-0.2, 0) is 0 Å². The highest BCUT2D eigenvalue weighted by Gasteiger charge is 2.22. The van der Waals surface area contributed by atoms with Gasteiger partial charge in [0.25, 0.3) is 5.91 Å². The average Bonchev–Trinajstić information content (AvgIpc) is 2.28. The molecular formula is C11H10N2O4. The summed E-state index contributed by atoms with van der Waals surface area (Å²) in [4.78, 5) is 22.8. The topological polar surface area (TPSA) is 83.7 Å². The predicted molar refractivity (Wildman–Crippen MR) is 60.6 cm³/mol. The second-order valence-electron chi connectivity index (χ2n) is 3.30. The van der Waals surface area contributed by atoms with Crippen molar-refractivity contribution in [2.45, 2.75) is 0 Å². The number of carbonyl (C=O) groups is 1. The van der Waals surface area contributed by atoms with Crippen molar-refractivity contribution in [2.24, 2.45) is 0 Å². The lowest BCUT2D eigenvalue weighted by atomic mass is 10.1. The zero-order valence-electron chi connectivity index (χ0n) is 9.08. The summed E-state index contributed by atoms with van der Waals surface area (Å²) >= 11 is 0. The summed E-state index contributed by atoms with van der Waals surface area (Å²) in [6, 6.07) is 3.75. The lowest BCUT2D eigenvalue weighted by Crippen LogP contribution is -2.27. The van der Waals surface area contributed by atoms with Crippen molar-refractivity contribution in [3.8, 4) is 18.1 Å². The van der Waals surface area contributed by atoms with Gasteiger partial charge in [-0.1, -0.05) is 12.0 Å². The predicted octanol–water partition coefficient (Wildman–Crippen LogP) is 1.01. The number of aromatic hydroxyl groups is 1. The van der Waals surface area contributed by atoms with Gasteiger partial charge < -0.3 is 10.0 Å².